The lowest BCUT2D eigenvalue weighted by molar-refractivity contribution is -0.128. The van der Waals surface area contributed by atoms with E-state index >= 15 is 0 Å². The van der Waals surface area contributed by atoms with E-state index < -0.39 is 0 Å². The Labute approximate surface area is 137 Å². The van der Waals surface area contributed by atoms with Gasteiger partial charge >= 0.3 is 0 Å². The van der Waals surface area contributed by atoms with Crippen molar-refractivity contribution in [2.24, 2.45) is 0 Å². The number of rotatable bonds is 6. The molecule has 2 amide bonds. The maximum atomic E-state index is 12.0. The standard InChI is InChI=1S/C18H24N2O3/c1-12(2)13-3-7-16(8-4-13)23-11-17(21)19-14-9-18(22)20(10-14)15-5-6-15/h3-4,7-8,12,14-15H,5-6,9-11H2,1-2H3,(H,19,21)/t14-/m0/s1. The van der Waals surface area contributed by atoms with Crippen LogP contribution in [0.3, 0.4) is 0 Å². The van der Waals surface area contributed by atoms with E-state index in [1.807, 2.05) is 29.2 Å². The number of likely N-dealkylation sites (tertiary alicyclic amines) is 1. The number of nitrogens with one attached hydrogen (secondary N) is 1. The summed E-state index contributed by atoms with van der Waals surface area (Å²) in [4.78, 5) is 25.7. The second-order valence-corrected chi connectivity index (χ2v) is 6.76. The molecule has 2 fully saturated rings. The molecule has 0 bridgehead atoms. The van der Waals surface area contributed by atoms with Crippen molar-refractivity contribution in [3.8, 4) is 5.75 Å². The van der Waals surface area contributed by atoms with Crippen LogP contribution >= 0.6 is 0 Å². The van der Waals surface area contributed by atoms with Gasteiger partial charge in [0.15, 0.2) is 6.61 Å². The third-order valence-electron chi connectivity index (χ3n) is 4.43. The maximum absolute atomic E-state index is 12.0. The highest BCUT2D eigenvalue weighted by atomic mass is 16.5. The molecule has 1 saturated carbocycles. The van der Waals surface area contributed by atoms with Crippen molar-refractivity contribution in [1.29, 1.82) is 0 Å². The molecule has 1 aromatic rings. The molecular weight excluding hydrogens is 292 g/mol. The monoisotopic (exact) mass is 316 g/mol. The molecule has 1 saturated heterocycles. The normalized spacial score (nSPS) is 20.9. The fourth-order valence-electron chi connectivity index (χ4n) is 2.93. The summed E-state index contributed by atoms with van der Waals surface area (Å²) >= 11 is 0. The van der Waals surface area contributed by atoms with Gasteiger partial charge in [-0.25, -0.2) is 0 Å². The largest absolute Gasteiger partial charge is 0.484 e. The molecule has 2 aliphatic rings. The summed E-state index contributed by atoms with van der Waals surface area (Å²) in [6.07, 6.45) is 2.61. The van der Waals surface area contributed by atoms with Crippen molar-refractivity contribution in [2.45, 2.75) is 51.1 Å². The van der Waals surface area contributed by atoms with E-state index in [1.54, 1.807) is 0 Å². The predicted octanol–water partition coefficient (Wildman–Crippen LogP) is 2.07. The first kappa shape index (κ1) is 15.8. The van der Waals surface area contributed by atoms with Gasteiger partial charge in [-0.3, -0.25) is 9.59 Å². The third kappa shape index (κ3) is 4.03. The Morgan fingerprint density at radius 2 is 2.00 bits per heavy atom. The van der Waals surface area contributed by atoms with Crippen LogP contribution in [0.2, 0.25) is 0 Å². The second kappa shape index (κ2) is 6.60. The molecular formula is C18H24N2O3. The van der Waals surface area contributed by atoms with E-state index in [1.165, 1.54) is 5.56 Å². The average Bonchev–Trinajstić information content (AvgIpc) is 3.30. The second-order valence-electron chi connectivity index (χ2n) is 6.76. The van der Waals surface area contributed by atoms with Crippen LogP contribution in [-0.2, 0) is 9.59 Å². The van der Waals surface area contributed by atoms with Gasteiger partial charge in [-0.15, -0.1) is 0 Å². The molecule has 3 rings (SSSR count). The summed E-state index contributed by atoms with van der Waals surface area (Å²) in [6.45, 7) is 4.89. The third-order valence-corrected chi connectivity index (χ3v) is 4.43. The summed E-state index contributed by atoms with van der Waals surface area (Å²) in [7, 11) is 0. The van der Waals surface area contributed by atoms with Crippen LogP contribution in [-0.4, -0.2) is 41.9 Å². The molecule has 1 aliphatic heterocycles. The van der Waals surface area contributed by atoms with E-state index in [0.717, 1.165) is 12.8 Å². The maximum Gasteiger partial charge on any atom is 0.258 e. The van der Waals surface area contributed by atoms with Gasteiger partial charge in [0.25, 0.3) is 5.91 Å². The predicted molar refractivity (Wildman–Crippen MR) is 87.3 cm³/mol. The molecule has 1 atom stereocenters. The zero-order valence-electron chi connectivity index (χ0n) is 13.7. The quantitative estimate of drug-likeness (QED) is 0.874. The van der Waals surface area contributed by atoms with E-state index in [2.05, 4.69) is 19.2 Å². The number of amides is 2. The van der Waals surface area contributed by atoms with Crippen molar-refractivity contribution in [1.82, 2.24) is 10.2 Å². The first-order valence-corrected chi connectivity index (χ1v) is 8.34. The molecule has 0 radical (unpaired) electrons. The lowest BCUT2D eigenvalue weighted by Gasteiger charge is -2.16. The van der Waals surface area contributed by atoms with Crippen LogP contribution in [0.1, 0.15) is 44.6 Å². The van der Waals surface area contributed by atoms with E-state index in [9.17, 15) is 9.59 Å². The lowest BCUT2D eigenvalue weighted by Crippen LogP contribution is -2.40. The Morgan fingerprint density at radius 3 is 2.61 bits per heavy atom. The molecule has 124 valence electrons. The fraction of sp³-hybridized carbons (Fsp3) is 0.556. The highest BCUT2D eigenvalue weighted by Gasteiger charge is 2.39. The van der Waals surface area contributed by atoms with E-state index in [4.69, 9.17) is 4.74 Å². The minimum Gasteiger partial charge on any atom is -0.484 e. The minimum atomic E-state index is -0.173. The fourth-order valence-corrected chi connectivity index (χ4v) is 2.93. The van der Waals surface area contributed by atoms with Gasteiger partial charge in [-0.05, 0) is 36.5 Å². The summed E-state index contributed by atoms with van der Waals surface area (Å²) in [5.74, 6) is 1.14. The first-order chi connectivity index (χ1) is 11.0. The van der Waals surface area contributed by atoms with Gasteiger partial charge in [0.2, 0.25) is 5.91 Å². The van der Waals surface area contributed by atoms with Gasteiger partial charge in [-0.1, -0.05) is 26.0 Å². The number of hydrogen-bond acceptors (Lipinski definition) is 3. The van der Waals surface area contributed by atoms with Crippen molar-refractivity contribution < 1.29 is 14.3 Å². The van der Waals surface area contributed by atoms with Gasteiger partial charge in [0.05, 0.1) is 6.04 Å². The lowest BCUT2D eigenvalue weighted by atomic mass is 10.0. The number of benzene rings is 1. The first-order valence-electron chi connectivity index (χ1n) is 8.34. The summed E-state index contributed by atoms with van der Waals surface area (Å²) in [5.41, 5.74) is 1.24. The van der Waals surface area contributed by atoms with Crippen molar-refractivity contribution in [3.05, 3.63) is 29.8 Å². The van der Waals surface area contributed by atoms with Gasteiger partial charge in [0.1, 0.15) is 5.75 Å². The smallest absolute Gasteiger partial charge is 0.258 e. The SMILES string of the molecule is CC(C)c1ccc(OCC(=O)N[C@H]2CC(=O)N(C3CC3)C2)cc1. The van der Waals surface area contributed by atoms with Crippen LogP contribution in [0.4, 0.5) is 0 Å². The molecule has 1 aromatic carbocycles. The molecule has 5 nitrogen and oxygen atoms in total. The van der Waals surface area contributed by atoms with Crippen LogP contribution in [0, 0.1) is 0 Å². The molecule has 5 heteroatoms. The highest BCUT2D eigenvalue weighted by molar-refractivity contribution is 5.83. The molecule has 0 spiro atoms. The number of ether oxygens (including phenoxy) is 1. The number of carbonyl (C=O) groups excluding carboxylic acids is 2. The van der Waals surface area contributed by atoms with Gasteiger partial charge in [0, 0.05) is 19.0 Å². The van der Waals surface area contributed by atoms with E-state index in [-0.39, 0.29) is 24.5 Å². The average molecular weight is 316 g/mol. The highest BCUT2D eigenvalue weighted by Crippen LogP contribution is 2.30. The zero-order valence-corrected chi connectivity index (χ0v) is 13.7. The van der Waals surface area contributed by atoms with Crippen molar-refractivity contribution in [2.75, 3.05) is 13.2 Å². The van der Waals surface area contributed by atoms with Crippen molar-refractivity contribution >= 4 is 11.8 Å². The van der Waals surface area contributed by atoms with Crippen LogP contribution in [0.15, 0.2) is 24.3 Å². The molecule has 1 N–H and O–H groups in total. The van der Waals surface area contributed by atoms with Crippen LogP contribution in [0.5, 0.6) is 5.75 Å². The Bertz CT molecular complexity index is 578. The van der Waals surface area contributed by atoms with Crippen LogP contribution in [0.25, 0.3) is 0 Å². The van der Waals surface area contributed by atoms with Gasteiger partial charge in [-0.2, -0.15) is 0 Å². The Kier molecular flexibility index (Phi) is 4.55. The summed E-state index contributed by atoms with van der Waals surface area (Å²) in [5, 5.41) is 2.90. The zero-order chi connectivity index (χ0) is 16.4. The molecule has 0 unspecified atom stereocenters. The summed E-state index contributed by atoms with van der Waals surface area (Å²) < 4.78 is 5.52. The summed E-state index contributed by atoms with van der Waals surface area (Å²) in [6, 6.07) is 8.14. The topological polar surface area (TPSA) is 58.6 Å². The van der Waals surface area contributed by atoms with Crippen LogP contribution < -0.4 is 10.1 Å². The molecule has 0 aromatic heterocycles. The van der Waals surface area contributed by atoms with Crippen molar-refractivity contribution in [3.63, 3.8) is 0 Å². The Balaban J connectivity index is 1.43. The minimum absolute atomic E-state index is 0.0187. The Hall–Kier alpha value is -2.04. The molecule has 1 aliphatic carbocycles. The Morgan fingerprint density at radius 1 is 1.30 bits per heavy atom. The number of nitrogens with zero attached hydrogens (tertiary/aromatic N) is 1. The van der Waals surface area contributed by atoms with Gasteiger partial charge < -0.3 is 15.0 Å². The molecule has 23 heavy (non-hydrogen) atoms. The number of carbonyl (C=O) groups is 2. The van der Waals surface area contributed by atoms with E-state index in [0.29, 0.717) is 30.7 Å². The molecule has 1 heterocycles. The number of hydrogen-bond donors (Lipinski definition) is 1.